The Morgan fingerprint density at radius 2 is 1.49 bits per heavy atom. The molecule has 4 aromatic rings. The van der Waals surface area contributed by atoms with E-state index in [1.54, 1.807) is 6.92 Å². The number of carboxylic acid groups (broad SMARTS) is 1. The highest BCUT2D eigenvalue weighted by Crippen LogP contribution is 2.48. The number of ketones is 1. The van der Waals surface area contributed by atoms with Gasteiger partial charge in [0.15, 0.2) is 11.5 Å². The highest BCUT2D eigenvalue weighted by atomic mass is 16.5. The number of carbonyl (C=O) groups excluding carboxylic acids is 1. The van der Waals surface area contributed by atoms with Crippen molar-refractivity contribution in [2.75, 3.05) is 0 Å². The van der Waals surface area contributed by atoms with E-state index >= 15 is 0 Å². The van der Waals surface area contributed by atoms with Crippen molar-refractivity contribution in [1.82, 2.24) is 5.16 Å². The summed E-state index contributed by atoms with van der Waals surface area (Å²) < 4.78 is 5.57. The molecule has 5 heteroatoms. The first-order chi connectivity index (χ1) is 17.0. The quantitative estimate of drug-likeness (QED) is 0.280. The fourth-order valence-corrected chi connectivity index (χ4v) is 4.66. The number of aryl methyl sites for hydroxylation is 2. The normalized spacial score (nSPS) is 14.0. The Labute approximate surface area is 204 Å². The van der Waals surface area contributed by atoms with Gasteiger partial charge in [0.05, 0.1) is 16.7 Å². The van der Waals surface area contributed by atoms with Gasteiger partial charge < -0.3 is 9.63 Å². The maximum Gasteiger partial charge on any atom is 0.314 e. The maximum atomic E-state index is 13.0. The first-order valence-corrected chi connectivity index (χ1v) is 12.0. The lowest BCUT2D eigenvalue weighted by Crippen LogP contribution is -2.19. The number of carboxylic acids is 1. The smallest absolute Gasteiger partial charge is 0.314 e. The lowest BCUT2D eigenvalue weighted by Gasteiger charge is -2.11. The number of aromatic nitrogens is 1. The van der Waals surface area contributed by atoms with E-state index in [-0.39, 0.29) is 5.78 Å². The number of hydrogen-bond donors (Lipinski definition) is 1. The molecule has 1 fully saturated rings. The molecule has 0 aliphatic heterocycles. The zero-order valence-electron chi connectivity index (χ0n) is 19.7. The van der Waals surface area contributed by atoms with Crippen LogP contribution in [0.5, 0.6) is 0 Å². The van der Waals surface area contributed by atoms with Crippen molar-refractivity contribution in [3.63, 3.8) is 0 Å². The van der Waals surface area contributed by atoms with Crippen molar-refractivity contribution in [1.29, 1.82) is 0 Å². The number of aliphatic carboxylic acids is 1. The van der Waals surface area contributed by atoms with Gasteiger partial charge in [-0.25, -0.2) is 0 Å². The Hall–Kier alpha value is -3.99. The largest absolute Gasteiger partial charge is 0.481 e. The number of carbonyl (C=O) groups is 2. The van der Waals surface area contributed by atoms with Crippen LogP contribution in [0.1, 0.15) is 52.9 Å². The van der Waals surface area contributed by atoms with Crippen molar-refractivity contribution in [2.24, 2.45) is 0 Å². The van der Waals surface area contributed by atoms with Crippen LogP contribution in [0.2, 0.25) is 0 Å². The highest BCUT2D eigenvalue weighted by molar-refractivity contribution is 6.02. The molecule has 1 aliphatic rings. The molecule has 3 aromatic carbocycles. The van der Waals surface area contributed by atoms with Crippen LogP contribution in [0.15, 0.2) is 83.4 Å². The van der Waals surface area contributed by atoms with E-state index in [0.29, 0.717) is 36.3 Å². The molecule has 35 heavy (non-hydrogen) atoms. The van der Waals surface area contributed by atoms with Crippen molar-refractivity contribution in [3.8, 4) is 22.5 Å². The summed E-state index contributed by atoms with van der Waals surface area (Å²) in [6.07, 6.45) is 3.45. The van der Waals surface area contributed by atoms with E-state index in [0.717, 1.165) is 35.1 Å². The SMILES string of the molecule is Cc1noc(-c2ccc(-c3ccc(C4(C(=O)O)CC4)cc3)cc2)c1C(=O)CCCc1ccccc1. The van der Waals surface area contributed by atoms with Gasteiger partial charge in [-0.2, -0.15) is 0 Å². The molecule has 0 unspecified atom stereocenters. The van der Waals surface area contributed by atoms with Gasteiger partial charge in [-0.1, -0.05) is 84.0 Å². The molecule has 0 bridgehead atoms. The highest BCUT2D eigenvalue weighted by Gasteiger charge is 2.51. The van der Waals surface area contributed by atoms with Crippen molar-refractivity contribution < 1.29 is 19.2 Å². The number of rotatable bonds is 9. The molecular formula is C30H27NO4. The zero-order valence-corrected chi connectivity index (χ0v) is 19.7. The molecule has 1 aromatic heterocycles. The van der Waals surface area contributed by atoms with Gasteiger partial charge in [-0.3, -0.25) is 9.59 Å². The second kappa shape index (κ2) is 9.34. The second-order valence-corrected chi connectivity index (χ2v) is 9.28. The first-order valence-electron chi connectivity index (χ1n) is 12.0. The molecule has 0 atom stereocenters. The van der Waals surface area contributed by atoms with E-state index in [1.807, 2.05) is 66.7 Å². The third-order valence-electron chi connectivity index (χ3n) is 6.93. The van der Waals surface area contributed by atoms with Crippen LogP contribution >= 0.6 is 0 Å². The number of nitrogens with zero attached hydrogens (tertiary/aromatic N) is 1. The van der Waals surface area contributed by atoms with E-state index in [9.17, 15) is 14.7 Å². The first kappa shape index (κ1) is 22.8. The summed E-state index contributed by atoms with van der Waals surface area (Å²) in [5.41, 5.74) is 5.37. The van der Waals surface area contributed by atoms with Gasteiger partial charge in [0.1, 0.15) is 0 Å². The molecular weight excluding hydrogens is 438 g/mol. The van der Waals surface area contributed by atoms with Crippen LogP contribution in [-0.4, -0.2) is 22.0 Å². The van der Waals surface area contributed by atoms with Crippen molar-refractivity contribution in [3.05, 3.63) is 101 Å². The molecule has 1 N–H and O–H groups in total. The minimum Gasteiger partial charge on any atom is -0.481 e. The summed E-state index contributed by atoms with van der Waals surface area (Å²) in [4.78, 5) is 24.6. The minimum absolute atomic E-state index is 0.0433. The zero-order chi connectivity index (χ0) is 24.4. The monoisotopic (exact) mass is 465 g/mol. The Balaban J connectivity index is 1.30. The summed E-state index contributed by atoms with van der Waals surface area (Å²) in [7, 11) is 0. The van der Waals surface area contributed by atoms with Gasteiger partial charge in [0.2, 0.25) is 0 Å². The standard InChI is InChI=1S/C30H27NO4/c1-20-27(26(32)9-5-8-21-6-3-2-4-7-21)28(35-31-20)24-12-10-22(11-13-24)23-14-16-25(17-15-23)30(18-19-30)29(33)34/h2-4,6-7,10-17H,5,8-9,18-19H2,1H3,(H,33,34). The number of hydrogen-bond acceptors (Lipinski definition) is 4. The summed E-state index contributed by atoms with van der Waals surface area (Å²) in [6, 6.07) is 25.8. The van der Waals surface area contributed by atoms with Gasteiger partial charge in [-0.05, 0) is 54.9 Å². The average Bonchev–Trinajstić information content (AvgIpc) is 3.61. The molecule has 0 saturated heterocycles. The third-order valence-corrected chi connectivity index (χ3v) is 6.93. The minimum atomic E-state index is -0.748. The van der Waals surface area contributed by atoms with Gasteiger partial charge >= 0.3 is 5.97 Å². The lowest BCUT2D eigenvalue weighted by atomic mass is 9.93. The fraction of sp³-hybridized carbons (Fsp3) is 0.233. The van der Waals surface area contributed by atoms with Crippen LogP contribution in [0.4, 0.5) is 0 Å². The lowest BCUT2D eigenvalue weighted by molar-refractivity contribution is -0.140. The summed E-state index contributed by atoms with van der Waals surface area (Å²) in [5, 5.41) is 13.6. The Kier molecular flexibility index (Phi) is 6.08. The Morgan fingerprint density at radius 3 is 2.09 bits per heavy atom. The average molecular weight is 466 g/mol. The second-order valence-electron chi connectivity index (χ2n) is 9.28. The topological polar surface area (TPSA) is 80.4 Å². The number of Topliss-reactive ketones (excluding diaryl/α,β-unsaturated/α-hetero) is 1. The van der Waals surface area contributed by atoms with Gasteiger partial charge in [0, 0.05) is 12.0 Å². The third kappa shape index (κ3) is 4.54. The van der Waals surface area contributed by atoms with Crippen LogP contribution in [0.25, 0.3) is 22.5 Å². The Morgan fingerprint density at radius 1 is 0.886 bits per heavy atom. The van der Waals surface area contributed by atoms with E-state index in [1.165, 1.54) is 5.56 Å². The van der Waals surface area contributed by atoms with E-state index in [2.05, 4.69) is 17.3 Å². The predicted molar refractivity (Wildman–Crippen MR) is 134 cm³/mol. The number of benzene rings is 3. The fourth-order valence-electron chi connectivity index (χ4n) is 4.66. The van der Waals surface area contributed by atoms with Crippen molar-refractivity contribution in [2.45, 2.75) is 44.4 Å². The van der Waals surface area contributed by atoms with Gasteiger partial charge in [-0.15, -0.1) is 0 Å². The van der Waals surface area contributed by atoms with Crippen LogP contribution in [0, 0.1) is 6.92 Å². The van der Waals surface area contributed by atoms with Crippen LogP contribution in [-0.2, 0) is 16.6 Å². The van der Waals surface area contributed by atoms with Crippen LogP contribution < -0.4 is 0 Å². The van der Waals surface area contributed by atoms with Crippen molar-refractivity contribution >= 4 is 11.8 Å². The maximum absolute atomic E-state index is 13.0. The molecule has 5 rings (SSSR count). The molecule has 0 amide bonds. The Bertz CT molecular complexity index is 1350. The molecule has 5 nitrogen and oxygen atoms in total. The van der Waals surface area contributed by atoms with Gasteiger partial charge in [0.25, 0.3) is 0 Å². The molecule has 1 heterocycles. The summed E-state index contributed by atoms with van der Waals surface area (Å²) >= 11 is 0. The van der Waals surface area contributed by atoms with E-state index < -0.39 is 11.4 Å². The molecule has 176 valence electrons. The van der Waals surface area contributed by atoms with Crippen LogP contribution in [0.3, 0.4) is 0 Å². The predicted octanol–water partition coefficient (Wildman–Crippen LogP) is 6.64. The molecule has 1 aliphatic carbocycles. The molecule has 0 radical (unpaired) electrons. The summed E-state index contributed by atoms with van der Waals surface area (Å²) in [6.45, 7) is 1.80. The van der Waals surface area contributed by atoms with E-state index in [4.69, 9.17) is 4.52 Å². The summed E-state index contributed by atoms with van der Waals surface area (Å²) in [5.74, 6) is -0.199. The molecule has 0 spiro atoms. The molecule has 1 saturated carbocycles.